The molecular formula is C8H12N4O. The van der Waals surface area contributed by atoms with E-state index in [1.807, 2.05) is 12.1 Å². The monoisotopic (exact) mass is 180 g/mol. The third-order valence-corrected chi connectivity index (χ3v) is 1.64. The first kappa shape index (κ1) is 11.4. The largest absolute Gasteiger partial charge is 0.315 e. The van der Waals surface area contributed by atoms with Gasteiger partial charge in [-0.25, -0.2) is 0 Å². The van der Waals surface area contributed by atoms with Gasteiger partial charge in [0.1, 0.15) is 13.1 Å². The van der Waals surface area contributed by atoms with E-state index in [2.05, 4.69) is 5.32 Å². The molecule has 1 N–H and O–H groups in total. The molecule has 0 aliphatic heterocycles. The van der Waals surface area contributed by atoms with Gasteiger partial charge in [-0.3, -0.25) is 4.79 Å². The molecule has 13 heavy (non-hydrogen) atoms. The van der Waals surface area contributed by atoms with Crippen LogP contribution in [0.3, 0.4) is 0 Å². The first-order valence-electron chi connectivity index (χ1n) is 3.87. The van der Waals surface area contributed by atoms with Crippen LogP contribution in [0.15, 0.2) is 0 Å². The van der Waals surface area contributed by atoms with Crippen molar-refractivity contribution in [1.82, 2.24) is 10.2 Å². The molecule has 0 spiro atoms. The van der Waals surface area contributed by atoms with E-state index in [1.165, 1.54) is 4.90 Å². The summed E-state index contributed by atoms with van der Waals surface area (Å²) in [6.45, 7) is 1.60. The topological polar surface area (TPSA) is 79.9 Å². The molecule has 0 fully saturated rings. The third-order valence-electron chi connectivity index (χ3n) is 1.64. The number of carbonyl (C=O) groups is 1. The minimum Gasteiger partial charge on any atom is -0.315 e. The predicted molar refractivity (Wildman–Crippen MR) is 46.3 cm³/mol. The van der Waals surface area contributed by atoms with Crippen LogP contribution in [-0.2, 0) is 4.79 Å². The molecule has 0 aliphatic carbocycles. The summed E-state index contributed by atoms with van der Waals surface area (Å²) in [5, 5.41) is 19.5. The average molecular weight is 180 g/mol. The lowest BCUT2D eigenvalue weighted by molar-refractivity contribution is -0.131. The fourth-order valence-corrected chi connectivity index (χ4v) is 0.780. The summed E-state index contributed by atoms with van der Waals surface area (Å²) in [5.74, 6) is -0.231. The van der Waals surface area contributed by atoms with Gasteiger partial charge in [-0.15, -0.1) is 0 Å². The Morgan fingerprint density at radius 1 is 1.46 bits per heavy atom. The molecule has 0 heterocycles. The fourth-order valence-electron chi connectivity index (χ4n) is 0.780. The third kappa shape index (κ3) is 3.55. The molecule has 0 rings (SSSR count). The van der Waals surface area contributed by atoms with Crippen LogP contribution in [0, 0.1) is 22.7 Å². The van der Waals surface area contributed by atoms with E-state index in [1.54, 1.807) is 14.0 Å². The quantitative estimate of drug-likeness (QED) is 0.590. The molecule has 70 valence electrons. The zero-order chi connectivity index (χ0) is 10.3. The van der Waals surface area contributed by atoms with E-state index in [0.717, 1.165) is 0 Å². The van der Waals surface area contributed by atoms with Gasteiger partial charge in [0.25, 0.3) is 0 Å². The van der Waals surface area contributed by atoms with Crippen molar-refractivity contribution in [3.63, 3.8) is 0 Å². The van der Waals surface area contributed by atoms with Gasteiger partial charge < -0.3 is 10.2 Å². The molecule has 1 unspecified atom stereocenters. The first-order valence-corrected chi connectivity index (χ1v) is 3.87. The van der Waals surface area contributed by atoms with Gasteiger partial charge in [0, 0.05) is 0 Å². The molecule has 0 aromatic rings. The molecule has 0 aromatic carbocycles. The minimum absolute atomic E-state index is 0.0432. The van der Waals surface area contributed by atoms with Crippen molar-refractivity contribution >= 4 is 5.91 Å². The van der Waals surface area contributed by atoms with Crippen LogP contribution < -0.4 is 5.32 Å². The lowest BCUT2D eigenvalue weighted by Crippen LogP contribution is -2.43. The standard InChI is InChI=1S/C8H12N4O/c1-7(11-2)8(13)12(5-3-9)6-4-10/h7,11H,5-6H2,1-2H3. The van der Waals surface area contributed by atoms with Crippen LogP contribution in [0.4, 0.5) is 0 Å². The first-order chi connectivity index (χ1) is 6.17. The van der Waals surface area contributed by atoms with Crippen molar-refractivity contribution in [2.24, 2.45) is 0 Å². The van der Waals surface area contributed by atoms with E-state index >= 15 is 0 Å². The summed E-state index contributed by atoms with van der Waals surface area (Å²) in [7, 11) is 1.65. The van der Waals surface area contributed by atoms with E-state index in [-0.39, 0.29) is 25.0 Å². The Bertz CT molecular complexity index is 234. The molecule has 0 radical (unpaired) electrons. The Labute approximate surface area is 77.6 Å². The number of rotatable bonds is 4. The van der Waals surface area contributed by atoms with Gasteiger partial charge >= 0.3 is 0 Å². The van der Waals surface area contributed by atoms with E-state index in [0.29, 0.717) is 0 Å². The predicted octanol–water partition coefficient (Wildman–Crippen LogP) is -0.530. The summed E-state index contributed by atoms with van der Waals surface area (Å²) in [4.78, 5) is 12.6. The lowest BCUT2D eigenvalue weighted by Gasteiger charge is -2.19. The smallest absolute Gasteiger partial charge is 0.241 e. The molecule has 1 amide bonds. The van der Waals surface area contributed by atoms with Gasteiger partial charge in [-0.05, 0) is 14.0 Å². The summed E-state index contributed by atoms with van der Waals surface area (Å²) in [6, 6.07) is 3.32. The van der Waals surface area contributed by atoms with Crippen LogP contribution in [0.25, 0.3) is 0 Å². The van der Waals surface area contributed by atoms with Gasteiger partial charge in [0.2, 0.25) is 5.91 Å². The zero-order valence-corrected chi connectivity index (χ0v) is 7.74. The van der Waals surface area contributed by atoms with Crippen molar-refractivity contribution in [3.05, 3.63) is 0 Å². The molecule has 0 saturated carbocycles. The maximum Gasteiger partial charge on any atom is 0.241 e. The molecule has 0 bridgehead atoms. The van der Waals surface area contributed by atoms with Crippen molar-refractivity contribution < 1.29 is 4.79 Å². The van der Waals surface area contributed by atoms with Crippen LogP contribution in [0.5, 0.6) is 0 Å². The van der Waals surface area contributed by atoms with E-state index < -0.39 is 0 Å². The SMILES string of the molecule is CNC(C)C(=O)N(CC#N)CC#N. The van der Waals surface area contributed by atoms with Crippen molar-refractivity contribution in [3.8, 4) is 12.1 Å². The molecule has 1 atom stereocenters. The highest BCUT2D eigenvalue weighted by Crippen LogP contribution is 1.93. The number of hydrogen-bond acceptors (Lipinski definition) is 4. The second-order valence-electron chi connectivity index (χ2n) is 2.52. The van der Waals surface area contributed by atoms with Gasteiger partial charge in [0.05, 0.1) is 18.2 Å². The van der Waals surface area contributed by atoms with E-state index in [9.17, 15) is 4.79 Å². The Morgan fingerprint density at radius 2 is 1.92 bits per heavy atom. The second-order valence-corrected chi connectivity index (χ2v) is 2.52. The normalized spacial score (nSPS) is 11.1. The van der Waals surface area contributed by atoms with Crippen LogP contribution in [-0.4, -0.2) is 37.0 Å². The average Bonchev–Trinajstić information content (AvgIpc) is 2.15. The summed E-state index contributed by atoms with van der Waals surface area (Å²) in [6.07, 6.45) is 0. The number of amides is 1. The molecule has 0 saturated heterocycles. The highest BCUT2D eigenvalue weighted by Gasteiger charge is 2.17. The molecular weight excluding hydrogens is 168 g/mol. The highest BCUT2D eigenvalue weighted by molar-refractivity contribution is 5.81. The molecule has 5 nitrogen and oxygen atoms in total. The summed E-state index contributed by atoms with van der Waals surface area (Å²) in [5.41, 5.74) is 0. The fraction of sp³-hybridized carbons (Fsp3) is 0.625. The van der Waals surface area contributed by atoms with Gasteiger partial charge in [-0.2, -0.15) is 10.5 Å². The Morgan fingerprint density at radius 3 is 2.23 bits per heavy atom. The summed E-state index contributed by atoms with van der Waals surface area (Å²) >= 11 is 0. The number of likely N-dealkylation sites (N-methyl/N-ethyl adjacent to an activating group) is 1. The number of nitrogens with one attached hydrogen (secondary N) is 1. The number of carbonyl (C=O) groups excluding carboxylic acids is 1. The van der Waals surface area contributed by atoms with Gasteiger partial charge in [0.15, 0.2) is 0 Å². The maximum atomic E-state index is 11.4. The Balaban J connectivity index is 4.30. The number of hydrogen-bond donors (Lipinski definition) is 1. The maximum absolute atomic E-state index is 11.4. The van der Waals surface area contributed by atoms with Crippen LogP contribution in [0.2, 0.25) is 0 Å². The molecule has 5 heteroatoms. The second kappa shape index (κ2) is 5.99. The van der Waals surface area contributed by atoms with Gasteiger partial charge in [-0.1, -0.05) is 0 Å². The van der Waals surface area contributed by atoms with Crippen molar-refractivity contribution in [1.29, 1.82) is 10.5 Å². The van der Waals surface area contributed by atoms with Crippen LogP contribution in [0.1, 0.15) is 6.92 Å². The highest BCUT2D eigenvalue weighted by atomic mass is 16.2. The molecule has 0 aliphatic rings. The minimum atomic E-state index is -0.360. The Hall–Kier alpha value is -1.59. The van der Waals surface area contributed by atoms with E-state index in [4.69, 9.17) is 10.5 Å². The Kier molecular flexibility index (Phi) is 5.25. The zero-order valence-electron chi connectivity index (χ0n) is 7.74. The van der Waals surface area contributed by atoms with Crippen molar-refractivity contribution in [2.75, 3.05) is 20.1 Å². The van der Waals surface area contributed by atoms with Crippen LogP contribution >= 0.6 is 0 Å². The lowest BCUT2D eigenvalue weighted by atomic mass is 10.3. The summed E-state index contributed by atoms with van der Waals surface area (Å²) < 4.78 is 0. The molecule has 0 aromatic heterocycles. The van der Waals surface area contributed by atoms with Crippen molar-refractivity contribution in [2.45, 2.75) is 13.0 Å². The number of nitrogens with zero attached hydrogens (tertiary/aromatic N) is 3. The number of nitriles is 2.